The van der Waals surface area contributed by atoms with Gasteiger partial charge in [-0.1, -0.05) is 0 Å². The molecule has 1 saturated heterocycles. The lowest BCUT2D eigenvalue weighted by Crippen LogP contribution is -2.36. The maximum Gasteiger partial charge on any atom is 0.168 e. The van der Waals surface area contributed by atoms with Crippen molar-refractivity contribution in [3.63, 3.8) is 0 Å². The second-order valence-electron chi connectivity index (χ2n) is 3.73. The zero-order valence-corrected chi connectivity index (χ0v) is 7.71. The van der Waals surface area contributed by atoms with Gasteiger partial charge in [0.25, 0.3) is 0 Å². The van der Waals surface area contributed by atoms with Crippen LogP contribution < -0.4 is 5.32 Å². The van der Waals surface area contributed by atoms with Crippen molar-refractivity contribution in [2.24, 2.45) is 5.41 Å². The average molecular weight is 170 g/mol. The van der Waals surface area contributed by atoms with E-state index in [4.69, 9.17) is 12.2 Å². The summed E-state index contributed by atoms with van der Waals surface area (Å²) in [5, 5.41) is 3.95. The summed E-state index contributed by atoms with van der Waals surface area (Å²) < 4.78 is 0. The van der Waals surface area contributed by atoms with E-state index in [-0.39, 0.29) is 0 Å². The Morgan fingerprint density at radius 1 is 1.45 bits per heavy atom. The summed E-state index contributed by atoms with van der Waals surface area (Å²) in [7, 11) is 1.90. The molecule has 2 aliphatic rings. The summed E-state index contributed by atoms with van der Waals surface area (Å²) in [4.78, 5) is 2.29. The Balaban J connectivity index is 1.94. The van der Waals surface area contributed by atoms with Crippen LogP contribution in [-0.4, -0.2) is 30.1 Å². The van der Waals surface area contributed by atoms with E-state index in [1.807, 2.05) is 7.05 Å². The maximum atomic E-state index is 5.16. The topological polar surface area (TPSA) is 15.3 Å². The fourth-order valence-electron chi connectivity index (χ4n) is 1.85. The van der Waals surface area contributed by atoms with Crippen molar-refractivity contribution in [3.8, 4) is 0 Å². The standard InChI is InChI=1S/C8H14N2S/c1-9-7(11)10-5-4-8(6-10)2-3-8/h2-6H2,1H3,(H,9,11). The molecule has 2 fully saturated rings. The van der Waals surface area contributed by atoms with E-state index in [2.05, 4.69) is 10.2 Å². The minimum atomic E-state index is 0.695. The van der Waals surface area contributed by atoms with Crippen LogP contribution in [0.15, 0.2) is 0 Å². The fourth-order valence-corrected chi connectivity index (χ4v) is 2.01. The molecule has 0 aromatic heterocycles. The number of hydrogen-bond donors (Lipinski definition) is 1. The second-order valence-corrected chi connectivity index (χ2v) is 4.11. The number of nitrogens with one attached hydrogen (secondary N) is 1. The Labute approximate surface area is 73.0 Å². The van der Waals surface area contributed by atoms with Crippen LogP contribution in [0.1, 0.15) is 19.3 Å². The van der Waals surface area contributed by atoms with Gasteiger partial charge in [-0.25, -0.2) is 0 Å². The third-order valence-electron chi connectivity index (χ3n) is 2.90. The molecule has 2 nitrogen and oxygen atoms in total. The predicted molar refractivity (Wildman–Crippen MR) is 49.5 cm³/mol. The average Bonchev–Trinajstić information content (AvgIpc) is 2.61. The van der Waals surface area contributed by atoms with E-state index < -0.39 is 0 Å². The summed E-state index contributed by atoms with van der Waals surface area (Å²) in [5.41, 5.74) is 0.695. The van der Waals surface area contributed by atoms with E-state index in [1.54, 1.807) is 0 Å². The molecule has 1 aliphatic heterocycles. The zero-order valence-electron chi connectivity index (χ0n) is 6.89. The molecule has 0 radical (unpaired) electrons. The quantitative estimate of drug-likeness (QED) is 0.546. The van der Waals surface area contributed by atoms with Gasteiger partial charge < -0.3 is 10.2 Å². The van der Waals surface area contributed by atoms with E-state index in [9.17, 15) is 0 Å². The van der Waals surface area contributed by atoms with Crippen molar-refractivity contribution < 1.29 is 0 Å². The van der Waals surface area contributed by atoms with Gasteiger partial charge in [0.2, 0.25) is 0 Å². The molecule has 1 saturated carbocycles. The Morgan fingerprint density at radius 2 is 2.18 bits per heavy atom. The molecule has 3 heteroatoms. The van der Waals surface area contributed by atoms with Crippen molar-refractivity contribution in [2.45, 2.75) is 19.3 Å². The first-order valence-corrected chi connectivity index (χ1v) is 4.63. The van der Waals surface area contributed by atoms with Gasteiger partial charge in [-0.3, -0.25) is 0 Å². The molecule has 2 rings (SSSR count). The van der Waals surface area contributed by atoms with Gasteiger partial charge in [-0.15, -0.1) is 0 Å². The first-order chi connectivity index (χ1) is 5.26. The van der Waals surface area contributed by atoms with Crippen molar-refractivity contribution in [2.75, 3.05) is 20.1 Å². The monoisotopic (exact) mass is 170 g/mol. The molecule has 0 unspecified atom stereocenters. The molecule has 1 spiro atoms. The summed E-state index contributed by atoms with van der Waals surface area (Å²) in [6.07, 6.45) is 4.21. The number of nitrogens with zero attached hydrogens (tertiary/aromatic N) is 1. The number of hydrogen-bond acceptors (Lipinski definition) is 1. The lowest BCUT2D eigenvalue weighted by Gasteiger charge is -2.18. The van der Waals surface area contributed by atoms with Crippen LogP contribution in [0.2, 0.25) is 0 Å². The first kappa shape index (κ1) is 7.35. The van der Waals surface area contributed by atoms with Crippen LogP contribution in [0.3, 0.4) is 0 Å². The van der Waals surface area contributed by atoms with Crippen molar-refractivity contribution >= 4 is 17.3 Å². The molecule has 0 aromatic rings. The molecule has 1 N–H and O–H groups in total. The van der Waals surface area contributed by atoms with Crippen molar-refractivity contribution in [1.29, 1.82) is 0 Å². The fraction of sp³-hybridized carbons (Fsp3) is 0.875. The molecular formula is C8H14N2S. The second kappa shape index (κ2) is 2.34. The van der Waals surface area contributed by atoms with Gasteiger partial charge in [0.15, 0.2) is 5.11 Å². The smallest absolute Gasteiger partial charge is 0.168 e. The number of rotatable bonds is 0. The SMILES string of the molecule is CNC(=S)N1CCC2(CC2)C1. The minimum Gasteiger partial charge on any atom is -0.366 e. The molecule has 62 valence electrons. The predicted octanol–water partition coefficient (Wildman–Crippen LogP) is 0.977. The van der Waals surface area contributed by atoms with E-state index >= 15 is 0 Å². The Kier molecular flexibility index (Phi) is 1.56. The zero-order chi connectivity index (χ0) is 7.90. The summed E-state index contributed by atoms with van der Waals surface area (Å²) in [5.74, 6) is 0. The number of likely N-dealkylation sites (tertiary alicyclic amines) is 1. The Bertz CT molecular complexity index is 187. The minimum absolute atomic E-state index is 0.695. The highest BCUT2D eigenvalue weighted by Gasteiger charge is 2.47. The van der Waals surface area contributed by atoms with Gasteiger partial charge in [-0.2, -0.15) is 0 Å². The lowest BCUT2D eigenvalue weighted by atomic mass is 10.1. The molecular weight excluding hydrogens is 156 g/mol. The normalized spacial score (nSPS) is 25.7. The third-order valence-corrected chi connectivity index (χ3v) is 3.36. The van der Waals surface area contributed by atoms with Crippen LogP contribution >= 0.6 is 12.2 Å². The number of thiocarbonyl (C=S) groups is 1. The Morgan fingerprint density at radius 3 is 2.64 bits per heavy atom. The van der Waals surface area contributed by atoms with Gasteiger partial charge in [-0.05, 0) is 36.9 Å². The summed E-state index contributed by atoms with van der Waals surface area (Å²) in [6, 6.07) is 0. The highest BCUT2D eigenvalue weighted by Crippen LogP contribution is 2.52. The molecule has 0 bridgehead atoms. The molecule has 11 heavy (non-hydrogen) atoms. The van der Waals surface area contributed by atoms with Gasteiger partial charge in [0, 0.05) is 20.1 Å². The van der Waals surface area contributed by atoms with Gasteiger partial charge in [0.1, 0.15) is 0 Å². The first-order valence-electron chi connectivity index (χ1n) is 4.22. The Hall–Kier alpha value is -0.310. The van der Waals surface area contributed by atoms with Crippen LogP contribution in [-0.2, 0) is 0 Å². The lowest BCUT2D eigenvalue weighted by molar-refractivity contribution is 0.466. The molecule has 1 aliphatic carbocycles. The molecule has 1 heterocycles. The van der Waals surface area contributed by atoms with Crippen LogP contribution in [0.5, 0.6) is 0 Å². The highest BCUT2D eigenvalue weighted by molar-refractivity contribution is 7.80. The summed E-state index contributed by atoms with van der Waals surface area (Å²) >= 11 is 5.16. The summed E-state index contributed by atoms with van der Waals surface area (Å²) in [6.45, 7) is 2.37. The largest absolute Gasteiger partial charge is 0.366 e. The van der Waals surface area contributed by atoms with Gasteiger partial charge in [0.05, 0.1) is 0 Å². The molecule has 0 atom stereocenters. The van der Waals surface area contributed by atoms with Crippen molar-refractivity contribution in [1.82, 2.24) is 10.2 Å². The highest BCUT2D eigenvalue weighted by atomic mass is 32.1. The maximum absolute atomic E-state index is 5.16. The van der Waals surface area contributed by atoms with Gasteiger partial charge >= 0.3 is 0 Å². The van der Waals surface area contributed by atoms with Crippen LogP contribution in [0.25, 0.3) is 0 Å². The van der Waals surface area contributed by atoms with Crippen LogP contribution in [0, 0.1) is 5.41 Å². The van der Waals surface area contributed by atoms with Crippen molar-refractivity contribution in [3.05, 3.63) is 0 Å². The van der Waals surface area contributed by atoms with Crippen LogP contribution in [0.4, 0.5) is 0 Å². The third kappa shape index (κ3) is 1.22. The molecule has 0 aromatic carbocycles. The van der Waals surface area contributed by atoms with E-state index in [0.29, 0.717) is 5.41 Å². The molecule has 0 amide bonds. The van der Waals surface area contributed by atoms with E-state index in [1.165, 1.54) is 32.4 Å². The van der Waals surface area contributed by atoms with E-state index in [0.717, 1.165) is 5.11 Å².